The second-order valence-electron chi connectivity index (χ2n) is 14.8. The predicted octanol–water partition coefficient (Wildman–Crippen LogP) is 7.02. The summed E-state index contributed by atoms with van der Waals surface area (Å²) in [5.74, 6) is 1.52. The molecule has 4 saturated carbocycles. The van der Waals surface area contributed by atoms with E-state index in [4.69, 9.17) is 0 Å². The van der Waals surface area contributed by atoms with E-state index in [-0.39, 0.29) is 22.1 Å². The Labute approximate surface area is 222 Å². The number of allylic oxidation sites excluding steroid dienone is 2. The minimum absolute atomic E-state index is 0.0236. The number of carboxylic acid groups (broad SMARTS) is 1. The van der Waals surface area contributed by atoms with E-state index in [0.29, 0.717) is 35.2 Å². The molecule has 1 heterocycles. The molecule has 2 N–H and O–H groups in total. The smallest absolute Gasteiger partial charge is 0.373 e. The number of rotatable bonds is 3. The van der Waals surface area contributed by atoms with Gasteiger partial charge in [-0.15, -0.1) is 0 Å². The van der Waals surface area contributed by atoms with Crippen molar-refractivity contribution >= 4 is 11.5 Å². The maximum absolute atomic E-state index is 11.3. The van der Waals surface area contributed by atoms with Crippen LogP contribution in [0.5, 0.6) is 0 Å². The summed E-state index contributed by atoms with van der Waals surface area (Å²) in [6.07, 6.45) is 18.5. The third-order valence-electron chi connectivity index (χ3n) is 13.6. The van der Waals surface area contributed by atoms with Gasteiger partial charge < -0.3 is 10.2 Å². The maximum Gasteiger partial charge on any atom is 0.373 e. The Morgan fingerprint density at radius 3 is 2.30 bits per heavy atom. The number of aliphatic hydroxyl groups excluding tert-OH is 1. The van der Waals surface area contributed by atoms with Gasteiger partial charge in [-0.25, -0.2) is 14.8 Å². The molecule has 4 fully saturated rings. The molecule has 5 nitrogen and oxygen atoms in total. The second-order valence-corrected chi connectivity index (χ2v) is 14.8. The van der Waals surface area contributed by atoms with Gasteiger partial charge in [-0.05, 0) is 114 Å². The van der Waals surface area contributed by atoms with E-state index in [0.717, 1.165) is 17.9 Å². The summed E-state index contributed by atoms with van der Waals surface area (Å²) in [7, 11) is 0. The monoisotopic (exact) mass is 506 g/mol. The first-order chi connectivity index (χ1) is 17.4. The SMILES string of the molecule is CC1(C)C(c2cnc(C(=O)O)nc2)=CC[C@@]2(C)C1CC[C@]1(C)C2CC[C@@H]2C3CCC[C@]3(CO)CC[C@]21C. The van der Waals surface area contributed by atoms with Crippen molar-refractivity contribution in [2.24, 2.45) is 50.7 Å². The van der Waals surface area contributed by atoms with E-state index in [9.17, 15) is 15.0 Å². The predicted molar refractivity (Wildman–Crippen MR) is 145 cm³/mol. The third kappa shape index (κ3) is 3.22. The molecule has 1 aromatic heterocycles. The lowest BCUT2D eigenvalue weighted by molar-refractivity contribution is -0.225. The van der Waals surface area contributed by atoms with Gasteiger partial charge in [0.2, 0.25) is 5.82 Å². The summed E-state index contributed by atoms with van der Waals surface area (Å²) in [6.45, 7) is 13.1. The van der Waals surface area contributed by atoms with Crippen LogP contribution in [0.1, 0.15) is 115 Å². The summed E-state index contributed by atoms with van der Waals surface area (Å²) in [5, 5.41) is 19.7. The number of aromatic carboxylic acids is 1. The highest BCUT2D eigenvalue weighted by atomic mass is 16.4. The average molecular weight is 507 g/mol. The summed E-state index contributed by atoms with van der Waals surface area (Å²) in [6, 6.07) is 0. The molecule has 5 heteroatoms. The second kappa shape index (κ2) is 8.13. The first-order valence-electron chi connectivity index (χ1n) is 14.8. The molecule has 6 rings (SSSR count). The van der Waals surface area contributed by atoms with Gasteiger partial charge in [0.05, 0.1) is 0 Å². The lowest BCUT2D eigenvalue weighted by atomic mass is 9.33. The van der Waals surface area contributed by atoms with Crippen LogP contribution in [0.25, 0.3) is 5.57 Å². The Bertz CT molecular complexity index is 1130. The van der Waals surface area contributed by atoms with Crippen LogP contribution in [0.3, 0.4) is 0 Å². The topological polar surface area (TPSA) is 83.3 Å². The number of hydrogen-bond donors (Lipinski definition) is 2. The first-order valence-corrected chi connectivity index (χ1v) is 14.8. The number of aliphatic hydroxyl groups is 1. The third-order valence-corrected chi connectivity index (χ3v) is 13.6. The summed E-state index contributed by atoms with van der Waals surface area (Å²) >= 11 is 0. The summed E-state index contributed by atoms with van der Waals surface area (Å²) in [4.78, 5) is 19.6. The van der Waals surface area contributed by atoms with Crippen molar-refractivity contribution in [3.63, 3.8) is 0 Å². The van der Waals surface area contributed by atoms with Crippen LogP contribution in [-0.4, -0.2) is 32.8 Å². The molecule has 1 aromatic rings. The van der Waals surface area contributed by atoms with Gasteiger partial charge in [-0.1, -0.05) is 47.1 Å². The number of fused-ring (bicyclic) bond motifs is 7. The molecule has 3 unspecified atom stereocenters. The zero-order valence-corrected chi connectivity index (χ0v) is 23.5. The molecule has 0 radical (unpaired) electrons. The van der Waals surface area contributed by atoms with Crippen molar-refractivity contribution in [3.05, 3.63) is 29.9 Å². The molecule has 0 amide bonds. The van der Waals surface area contributed by atoms with Crippen LogP contribution in [0.4, 0.5) is 0 Å². The molecule has 8 atom stereocenters. The van der Waals surface area contributed by atoms with Crippen LogP contribution in [0.15, 0.2) is 18.5 Å². The van der Waals surface area contributed by atoms with E-state index in [1.165, 1.54) is 63.4 Å². The minimum atomic E-state index is -1.08. The van der Waals surface area contributed by atoms with Gasteiger partial charge in [0.15, 0.2) is 0 Å². The standard InChI is InChI=1S/C32H46N2O3/c1-28(2)21(20-17-33-26(27(36)37)34-18-20)10-13-29(3)24(28)11-14-31(5)25(29)9-8-22-23-7-6-12-32(23,19-35)16-15-30(22,31)4/h10,17-18,22-25,35H,6-9,11-16,19H2,1-5H3,(H,36,37)/t22-,23?,24?,25?,29+,30-,31-,32-/m1/s1. The van der Waals surface area contributed by atoms with Crippen LogP contribution < -0.4 is 0 Å². The van der Waals surface area contributed by atoms with Crippen molar-refractivity contribution in [3.8, 4) is 0 Å². The van der Waals surface area contributed by atoms with E-state index >= 15 is 0 Å². The van der Waals surface area contributed by atoms with Crippen molar-refractivity contribution < 1.29 is 15.0 Å². The highest BCUT2D eigenvalue weighted by Crippen LogP contribution is 2.76. The summed E-state index contributed by atoms with van der Waals surface area (Å²) < 4.78 is 0. The Morgan fingerprint density at radius 1 is 0.892 bits per heavy atom. The van der Waals surface area contributed by atoms with E-state index < -0.39 is 5.97 Å². The van der Waals surface area contributed by atoms with Gasteiger partial charge in [-0.3, -0.25) is 0 Å². The lowest BCUT2D eigenvalue weighted by Crippen LogP contribution is -2.65. The Balaban J connectivity index is 1.35. The van der Waals surface area contributed by atoms with Crippen LogP contribution in [0.2, 0.25) is 0 Å². The summed E-state index contributed by atoms with van der Waals surface area (Å²) in [5.41, 5.74) is 3.37. The zero-order valence-electron chi connectivity index (χ0n) is 23.5. The Hall–Kier alpha value is -1.75. The molecule has 0 aromatic carbocycles. The number of hydrogen-bond acceptors (Lipinski definition) is 4. The van der Waals surface area contributed by atoms with Crippen molar-refractivity contribution in [1.29, 1.82) is 0 Å². The molecule has 0 aliphatic heterocycles. The Kier molecular flexibility index (Phi) is 5.61. The molecule has 202 valence electrons. The fraction of sp³-hybridized carbons (Fsp3) is 0.781. The quantitative estimate of drug-likeness (QED) is 0.460. The van der Waals surface area contributed by atoms with Crippen molar-refractivity contribution in [2.45, 2.75) is 98.8 Å². The molecular weight excluding hydrogens is 460 g/mol. The van der Waals surface area contributed by atoms with Crippen LogP contribution in [0, 0.1) is 50.7 Å². The normalized spacial score (nSPS) is 46.2. The minimum Gasteiger partial charge on any atom is -0.475 e. The lowest BCUT2D eigenvalue weighted by Gasteiger charge is -2.72. The van der Waals surface area contributed by atoms with Gasteiger partial charge in [0.1, 0.15) is 0 Å². The molecule has 5 aliphatic carbocycles. The average Bonchev–Trinajstić information content (AvgIpc) is 3.29. The number of nitrogens with zero attached hydrogens (tertiary/aromatic N) is 2. The molecule has 0 spiro atoms. The number of carboxylic acids is 1. The first kappa shape index (κ1) is 25.5. The van der Waals surface area contributed by atoms with Gasteiger partial charge in [-0.2, -0.15) is 0 Å². The highest BCUT2D eigenvalue weighted by Gasteiger charge is 2.69. The maximum atomic E-state index is 11.3. The number of carbonyl (C=O) groups is 1. The van der Waals surface area contributed by atoms with Crippen molar-refractivity contribution in [1.82, 2.24) is 9.97 Å². The molecule has 5 aliphatic rings. The van der Waals surface area contributed by atoms with Crippen molar-refractivity contribution in [2.75, 3.05) is 6.61 Å². The van der Waals surface area contributed by atoms with Gasteiger partial charge in [0, 0.05) is 24.6 Å². The van der Waals surface area contributed by atoms with E-state index in [1.807, 2.05) is 0 Å². The van der Waals surface area contributed by atoms with Crippen LogP contribution >= 0.6 is 0 Å². The van der Waals surface area contributed by atoms with E-state index in [1.54, 1.807) is 12.4 Å². The largest absolute Gasteiger partial charge is 0.475 e. The van der Waals surface area contributed by atoms with E-state index in [2.05, 4.69) is 50.7 Å². The number of aromatic nitrogens is 2. The zero-order chi connectivity index (χ0) is 26.4. The van der Waals surface area contributed by atoms with Crippen LogP contribution in [-0.2, 0) is 0 Å². The molecule has 0 saturated heterocycles. The van der Waals surface area contributed by atoms with Gasteiger partial charge in [0.25, 0.3) is 0 Å². The Morgan fingerprint density at radius 2 is 1.62 bits per heavy atom. The fourth-order valence-corrected chi connectivity index (χ4v) is 11.7. The molecule has 37 heavy (non-hydrogen) atoms. The molecule has 0 bridgehead atoms. The van der Waals surface area contributed by atoms with Gasteiger partial charge >= 0.3 is 5.97 Å². The fourth-order valence-electron chi connectivity index (χ4n) is 11.7. The highest BCUT2D eigenvalue weighted by molar-refractivity contribution is 5.83. The molecular formula is C32H46N2O3.